The van der Waals surface area contributed by atoms with Crippen molar-refractivity contribution < 1.29 is 13.9 Å². The zero-order valence-corrected chi connectivity index (χ0v) is 11.7. The van der Waals surface area contributed by atoms with E-state index < -0.39 is 5.91 Å². The summed E-state index contributed by atoms with van der Waals surface area (Å²) in [5, 5.41) is 3.09. The van der Waals surface area contributed by atoms with E-state index in [1.165, 1.54) is 18.2 Å². The van der Waals surface area contributed by atoms with E-state index in [1.54, 1.807) is 0 Å². The molecule has 0 saturated carbocycles. The van der Waals surface area contributed by atoms with Gasteiger partial charge in [0, 0.05) is 23.4 Å². The van der Waals surface area contributed by atoms with Gasteiger partial charge in [-0.3, -0.25) is 4.79 Å². The van der Waals surface area contributed by atoms with E-state index in [2.05, 4.69) is 5.32 Å². The fourth-order valence-electron chi connectivity index (χ4n) is 1.90. The third-order valence-electron chi connectivity index (χ3n) is 2.98. The second-order valence-electron chi connectivity index (χ2n) is 4.48. The van der Waals surface area contributed by atoms with Crippen molar-refractivity contribution in [2.75, 3.05) is 11.9 Å². The summed E-state index contributed by atoms with van der Waals surface area (Å²) in [6.45, 7) is 2.79. The van der Waals surface area contributed by atoms with Gasteiger partial charge in [-0.15, -0.1) is 0 Å². The Morgan fingerprint density at radius 1 is 1.24 bits per heavy atom. The summed E-state index contributed by atoms with van der Waals surface area (Å²) in [6.07, 6.45) is 0. The van der Waals surface area contributed by atoms with Crippen LogP contribution in [0.15, 0.2) is 42.5 Å². The van der Waals surface area contributed by atoms with Crippen molar-refractivity contribution >= 4 is 11.6 Å². The SMILES string of the molecule is CCOc1ccc(NCc2cc(C(N)=O)ccc2F)cc1. The number of amides is 1. The molecule has 0 radical (unpaired) electrons. The van der Waals surface area contributed by atoms with E-state index in [4.69, 9.17) is 10.5 Å². The van der Waals surface area contributed by atoms with Gasteiger partial charge in [-0.1, -0.05) is 0 Å². The minimum absolute atomic E-state index is 0.265. The molecule has 0 unspecified atom stereocenters. The molecule has 4 nitrogen and oxygen atoms in total. The minimum Gasteiger partial charge on any atom is -0.494 e. The Morgan fingerprint density at radius 2 is 1.95 bits per heavy atom. The lowest BCUT2D eigenvalue weighted by Gasteiger charge is -2.09. The molecule has 0 heterocycles. The first-order valence-corrected chi connectivity index (χ1v) is 6.65. The summed E-state index contributed by atoms with van der Waals surface area (Å²) in [4.78, 5) is 11.1. The molecule has 5 heteroatoms. The number of halogens is 1. The molecule has 0 spiro atoms. The van der Waals surface area contributed by atoms with Crippen LogP contribution in [0.4, 0.5) is 10.1 Å². The number of ether oxygens (including phenoxy) is 1. The monoisotopic (exact) mass is 288 g/mol. The van der Waals surface area contributed by atoms with Crippen LogP contribution in [0.3, 0.4) is 0 Å². The first-order chi connectivity index (χ1) is 10.1. The van der Waals surface area contributed by atoms with Crippen molar-refractivity contribution in [1.29, 1.82) is 0 Å². The smallest absolute Gasteiger partial charge is 0.248 e. The number of carbonyl (C=O) groups is 1. The lowest BCUT2D eigenvalue weighted by atomic mass is 10.1. The first-order valence-electron chi connectivity index (χ1n) is 6.65. The van der Waals surface area contributed by atoms with E-state index in [1.807, 2.05) is 31.2 Å². The summed E-state index contributed by atoms with van der Waals surface area (Å²) < 4.78 is 19.0. The van der Waals surface area contributed by atoms with Crippen LogP contribution in [0.25, 0.3) is 0 Å². The minimum atomic E-state index is -0.572. The van der Waals surface area contributed by atoms with Crippen molar-refractivity contribution in [2.24, 2.45) is 5.73 Å². The van der Waals surface area contributed by atoms with Gasteiger partial charge in [-0.2, -0.15) is 0 Å². The third-order valence-corrected chi connectivity index (χ3v) is 2.98. The fourth-order valence-corrected chi connectivity index (χ4v) is 1.90. The molecule has 0 aliphatic rings. The summed E-state index contributed by atoms with van der Waals surface area (Å²) in [5.74, 6) is -0.166. The summed E-state index contributed by atoms with van der Waals surface area (Å²) >= 11 is 0. The Labute approximate surface area is 122 Å². The Balaban J connectivity index is 2.05. The largest absolute Gasteiger partial charge is 0.494 e. The number of nitrogens with two attached hydrogens (primary N) is 1. The molecule has 110 valence electrons. The Kier molecular flexibility index (Phi) is 4.77. The van der Waals surface area contributed by atoms with Gasteiger partial charge in [0.2, 0.25) is 5.91 Å². The van der Waals surface area contributed by atoms with Crippen LogP contribution in [-0.2, 0) is 6.54 Å². The highest BCUT2D eigenvalue weighted by Gasteiger charge is 2.07. The summed E-state index contributed by atoms with van der Waals surface area (Å²) in [5.41, 5.74) is 6.71. The first kappa shape index (κ1) is 14.8. The summed E-state index contributed by atoms with van der Waals surface area (Å²) in [6, 6.07) is 11.4. The molecule has 0 aliphatic heterocycles. The molecule has 1 amide bonds. The Hall–Kier alpha value is -2.56. The number of primary amides is 1. The Bertz CT molecular complexity index is 627. The highest BCUT2D eigenvalue weighted by Crippen LogP contribution is 2.17. The number of benzene rings is 2. The molecule has 0 aliphatic carbocycles. The fraction of sp³-hybridized carbons (Fsp3) is 0.188. The second-order valence-corrected chi connectivity index (χ2v) is 4.48. The number of rotatable bonds is 6. The average molecular weight is 288 g/mol. The maximum absolute atomic E-state index is 13.7. The number of carbonyl (C=O) groups excluding carboxylic acids is 1. The molecule has 0 aromatic heterocycles. The predicted molar refractivity (Wildman–Crippen MR) is 79.9 cm³/mol. The predicted octanol–water partition coefficient (Wildman–Crippen LogP) is 2.94. The second kappa shape index (κ2) is 6.74. The van der Waals surface area contributed by atoms with E-state index in [0.29, 0.717) is 17.7 Å². The summed E-state index contributed by atoms with van der Waals surface area (Å²) in [7, 11) is 0. The molecule has 0 saturated heterocycles. The highest BCUT2D eigenvalue weighted by atomic mass is 19.1. The number of hydrogen-bond acceptors (Lipinski definition) is 3. The van der Waals surface area contributed by atoms with Gasteiger partial charge >= 0.3 is 0 Å². The van der Waals surface area contributed by atoms with Gasteiger partial charge in [0.1, 0.15) is 11.6 Å². The van der Waals surface area contributed by atoms with Crippen LogP contribution in [0.1, 0.15) is 22.8 Å². The van der Waals surface area contributed by atoms with Gasteiger partial charge in [0.05, 0.1) is 6.61 Å². The third kappa shape index (κ3) is 3.95. The number of nitrogens with one attached hydrogen (secondary N) is 1. The Morgan fingerprint density at radius 3 is 2.57 bits per heavy atom. The van der Waals surface area contributed by atoms with E-state index in [9.17, 15) is 9.18 Å². The number of hydrogen-bond donors (Lipinski definition) is 2. The normalized spacial score (nSPS) is 10.2. The quantitative estimate of drug-likeness (QED) is 0.859. The molecule has 2 rings (SSSR count). The van der Waals surface area contributed by atoms with Gasteiger partial charge in [-0.05, 0) is 49.4 Å². The molecule has 2 aromatic carbocycles. The standard InChI is InChI=1S/C16H17FN2O2/c1-2-21-14-6-4-13(5-7-14)19-10-12-9-11(16(18)20)3-8-15(12)17/h3-9,19H,2,10H2,1H3,(H2,18,20). The molecule has 0 fully saturated rings. The molecular weight excluding hydrogens is 271 g/mol. The van der Waals surface area contributed by atoms with Gasteiger partial charge in [0.25, 0.3) is 0 Å². The van der Waals surface area contributed by atoms with E-state index in [-0.39, 0.29) is 12.4 Å². The zero-order chi connectivity index (χ0) is 15.2. The van der Waals surface area contributed by atoms with Crippen LogP contribution >= 0.6 is 0 Å². The zero-order valence-electron chi connectivity index (χ0n) is 11.7. The van der Waals surface area contributed by atoms with Gasteiger partial charge in [0.15, 0.2) is 0 Å². The molecule has 0 atom stereocenters. The van der Waals surface area contributed by atoms with Crippen molar-refractivity contribution in [3.8, 4) is 5.75 Å². The lowest BCUT2D eigenvalue weighted by molar-refractivity contribution is 0.1000. The van der Waals surface area contributed by atoms with Gasteiger partial charge < -0.3 is 15.8 Å². The van der Waals surface area contributed by atoms with Crippen molar-refractivity contribution in [2.45, 2.75) is 13.5 Å². The number of anilines is 1. The van der Waals surface area contributed by atoms with Crippen LogP contribution < -0.4 is 15.8 Å². The highest BCUT2D eigenvalue weighted by molar-refractivity contribution is 5.92. The molecule has 2 aromatic rings. The maximum Gasteiger partial charge on any atom is 0.248 e. The van der Waals surface area contributed by atoms with Gasteiger partial charge in [-0.25, -0.2) is 4.39 Å². The van der Waals surface area contributed by atoms with Crippen molar-refractivity contribution in [1.82, 2.24) is 0 Å². The van der Waals surface area contributed by atoms with Crippen LogP contribution in [0.2, 0.25) is 0 Å². The molecule has 3 N–H and O–H groups in total. The van der Waals surface area contributed by atoms with E-state index in [0.717, 1.165) is 11.4 Å². The molecule has 21 heavy (non-hydrogen) atoms. The lowest BCUT2D eigenvalue weighted by Crippen LogP contribution is -2.12. The van der Waals surface area contributed by atoms with Crippen LogP contribution in [-0.4, -0.2) is 12.5 Å². The maximum atomic E-state index is 13.7. The van der Waals surface area contributed by atoms with Crippen LogP contribution in [0.5, 0.6) is 5.75 Å². The van der Waals surface area contributed by atoms with Crippen molar-refractivity contribution in [3.63, 3.8) is 0 Å². The van der Waals surface area contributed by atoms with Crippen molar-refractivity contribution in [3.05, 3.63) is 59.4 Å². The van der Waals surface area contributed by atoms with Crippen LogP contribution in [0, 0.1) is 5.82 Å². The van der Waals surface area contributed by atoms with E-state index >= 15 is 0 Å². The topological polar surface area (TPSA) is 64.3 Å². The average Bonchev–Trinajstić information content (AvgIpc) is 2.48. The molecular formula is C16H17FN2O2. The molecule has 0 bridgehead atoms.